The Hall–Kier alpha value is -2.22. The summed E-state index contributed by atoms with van der Waals surface area (Å²) in [5, 5.41) is 11.0. The molecule has 1 amide bonds. The number of carbonyl (C=O) groups excluding carboxylic acids is 1. The van der Waals surface area contributed by atoms with E-state index in [0.717, 1.165) is 29.7 Å². The second-order valence-electron chi connectivity index (χ2n) is 7.30. The molecule has 0 saturated carbocycles. The number of hydrogen-bond donors (Lipinski definition) is 2. The van der Waals surface area contributed by atoms with Crippen LogP contribution in [-0.4, -0.2) is 27.2 Å². The number of anilines is 1. The number of carbonyl (C=O) groups is 1. The van der Waals surface area contributed by atoms with Gasteiger partial charge in [0.25, 0.3) is 5.91 Å². The summed E-state index contributed by atoms with van der Waals surface area (Å²) in [6, 6.07) is 5.21. The van der Waals surface area contributed by atoms with Crippen molar-refractivity contribution in [3.8, 4) is 0 Å². The van der Waals surface area contributed by atoms with E-state index in [0.29, 0.717) is 30.0 Å². The molecule has 2 aromatic heterocycles. The summed E-state index contributed by atoms with van der Waals surface area (Å²) < 4.78 is 16.6. The first-order valence-corrected chi connectivity index (χ1v) is 9.17. The van der Waals surface area contributed by atoms with Gasteiger partial charge in [-0.3, -0.25) is 4.79 Å². The number of amides is 1. The van der Waals surface area contributed by atoms with E-state index in [9.17, 15) is 9.18 Å². The SMILES string of the molecule is CC(C)Cn1ncc2cc(C(=O)Nc3ccc4c(c3F)CCNC4)cnc21.Cl.Cl. The van der Waals surface area contributed by atoms with E-state index in [-0.39, 0.29) is 42.2 Å². The number of hydrogen-bond acceptors (Lipinski definition) is 4. The van der Waals surface area contributed by atoms with E-state index in [1.807, 2.05) is 10.7 Å². The maximum Gasteiger partial charge on any atom is 0.257 e. The number of nitrogens with one attached hydrogen (secondary N) is 2. The smallest absolute Gasteiger partial charge is 0.257 e. The number of fused-ring (bicyclic) bond motifs is 2. The lowest BCUT2D eigenvalue weighted by atomic mass is 9.99. The maximum absolute atomic E-state index is 14.7. The Morgan fingerprint density at radius 1 is 1.31 bits per heavy atom. The summed E-state index contributed by atoms with van der Waals surface area (Å²) in [7, 11) is 0. The van der Waals surface area contributed by atoms with E-state index in [1.165, 1.54) is 6.20 Å². The van der Waals surface area contributed by atoms with Crippen LogP contribution in [0.5, 0.6) is 0 Å². The van der Waals surface area contributed by atoms with Crippen LogP contribution in [0.2, 0.25) is 0 Å². The van der Waals surface area contributed by atoms with Gasteiger partial charge < -0.3 is 10.6 Å². The van der Waals surface area contributed by atoms with E-state index in [1.54, 1.807) is 18.3 Å². The predicted octanol–water partition coefficient (Wildman–Crippen LogP) is 3.97. The minimum Gasteiger partial charge on any atom is -0.319 e. The van der Waals surface area contributed by atoms with E-state index >= 15 is 0 Å². The molecule has 9 heteroatoms. The minimum atomic E-state index is -0.381. The van der Waals surface area contributed by atoms with Crippen LogP contribution in [-0.2, 0) is 19.5 Å². The zero-order chi connectivity index (χ0) is 19.0. The molecule has 0 atom stereocenters. The predicted molar refractivity (Wildman–Crippen MR) is 117 cm³/mol. The zero-order valence-corrected chi connectivity index (χ0v) is 17.9. The summed E-state index contributed by atoms with van der Waals surface area (Å²) in [4.78, 5) is 17.0. The Labute approximate surface area is 181 Å². The van der Waals surface area contributed by atoms with Gasteiger partial charge in [0.05, 0.1) is 17.4 Å². The van der Waals surface area contributed by atoms with Gasteiger partial charge >= 0.3 is 0 Å². The molecule has 1 aliphatic heterocycles. The van der Waals surface area contributed by atoms with Gasteiger partial charge in [-0.25, -0.2) is 14.1 Å². The molecule has 29 heavy (non-hydrogen) atoms. The van der Waals surface area contributed by atoms with Crippen LogP contribution in [0.15, 0.2) is 30.6 Å². The first kappa shape index (κ1) is 23.1. The number of aromatic nitrogens is 3. The average molecular weight is 440 g/mol. The van der Waals surface area contributed by atoms with Crippen LogP contribution in [0.3, 0.4) is 0 Å². The van der Waals surface area contributed by atoms with Gasteiger partial charge in [-0.15, -0.1) is 24.8 Å². The van der Waals surface area contributed by atoms with Crippen LogP contribution >= 0.6 is 24.8 Å². The summed E-state index contributed by atoms with van der Waals surface area (Å²) >= 11 is 0. The standard InChI is InChI=1S/C20H22FN5O.2ClH/c1-12(2)11-26-19-14(10-24-26)7-15(9-23-19)20(27)25-17-4-3-13-8-22-6-5-16(13)18(17)21;;/h3-4,7,9-10,12,22H,5-6,8,11H2,1-2H3,(H,25,27);2*1H. The van der Waals surface area contributed by atoms with Gasteiger partial charge in [-0.05, 0) is 42.1 Å². The minimum absolute atomic E-state index is 0. The molecule has 0 bridgehead atoms. The lowest BCUT2D eigenvalue weighted by Gasteiger charge is -2.19. The van der Waals surface area contributed by atoms with Gasteiger partial charge in [0.2, 0.25) is 0 Å². The van der Waals surface area contributed by atoms with Crippen LogP contribution in [0.4, 0.5) is 10.1 Å². The fourth-order valence-electron chi connectivity index (χ4n) is 3.40. The highest BCUT2D eigenvalue weighted by atomic mass is 35.5. The molecule has 3 aromatic rings. The maximum atomic E-state index is 14.7. The lowest BCUT2D eigenvalue weighted by Crippen LogP contribution is -2.25. The van der Waals surface area contributed by atoms with Gasteiger partial charge in [0.1, 0.15) is 5.82 Å². The van der Waals surface area contributed by atoms with Crippen molar-refractivity contribution in [2.75, 3.05) is 11.9 Å². The fraction of sp³-hybridized carbons (Fsp3) is 0.350. The molecule has 1 aromatic carbocycles. The van der Waals surface area contributed by atoms with Crippen LogP contribution in [0.25, 0.3) is 11.0 Å². The molecule has 4 rings (SSSR count). The van der Waals surface area contributed by atoms with Crippen LogP contribution in [0, 0.1) is 11.7 Å². The summed E-state index contributed by atoms with van der Waals surface area (Å²) in [5.74, 6) is -0.282. The van der Waals surface area contributed by atoms with Crippen molar-refractivity contribution in [2.24, 2.45) is 5.92 Å². The van der Waals surface area contributed by atoms with E-state index < -0.39 is 0 Å². The molecule has 2 N–H and O–H groups in total. The molecule has 0 radical (unpaired) electrons. The quantitative estimate of drug-likeness (QED) is 0.644. The lowest BCUT2D eigenvalue weighted by molar-refractivity contribution is 0.102. The Morgan fingerprint density at radius 3 is 2.86 bits per heavy atom. The molecule has 0 spiro atoms. The van der Waals surface area contributed by atoms with Crippen molar-refractivity contribution in [2.45, 2.75) is 33.4 Å². The van der Waals surface area contributed by atoms with Gasteiger partial charge in [0, 0.05) is 24.7 Å². The molecule has 0 saturated heterocycles. The molecule has 3 heterocycles. The highest BCUT2D eigenvalue weighted by molar-refractivity contribution is 6.05. The summed E-state index contributed by atoms with van der Waals surface area (Å²) in [5.41, 5.74) is 2.95. The zero-order valence-electron chi connectivity index (χ0n) is 16.2. The molecule has 156 valence electrons. The van der Waals surface area contributed by atoms with Gasteiger partial charge in [0.15, 0.2) is 5.65 Å². The van der Waals surface area contributed by atoms with Crippen LogP contribution < -0.4 is 10.6 Å². The largest absolute Gasteiger partial charge is 0.319 e. The van der Waals surface area contributed by atoms with Crippen molar-refractivity contribution in [1.82, 2.24) is 20.1 Å². The Bertz CT molecular complexity index is 1020. The van der Waals surface area contributed by atoms with Crippen molar-refractivity contribution < 1.29 is 9.18 Å². The van der Waals surface area contributed by atoms with E-state index in [4.69, 9.17) is 0 Å². The second kappa shape index (κ2) is 9.52. The van der Waals surface area contributed by atoms with Crippen molar-refractivity contribution >= 4 is 47.4 Å². The fourth-order valence-corrected chi connectivity index (χ4v) is 3.40. The van der Waals surface area contributed by atoms with Crippen LogP contribution in [0.1, 0.15) is 35.3 Å². The molecule has 0 unspecified atom stereocenters. The number of benzene rings is 1. The highest BCUT2D eigenvalue weighted by Gasteiger charge is 2.18. The molecule has 6 nitrogen and oxygen atoms in total. The molecule has 1 aliphatic rings. The summed E-state index contributed by atoms with van der Waals surface area (Å²) in [6.07, 6.45) is 3.83. The normalized spacial score (nSPS) is 12.8. The van der Waals surface area contributed by atoms with E-state index in [2.05, 4.69) is 34.6 Å². The van der Waals surface area contributed by atoms with Crippen molar-refractivity contribution in [3.63, 3.8) is 0 Å². The first-order chi connectivity index (χ1) is 13.0. The van der Waals surface area contributed by atoms with Crippen molar-refractivity contribution in [1.29, 1.82) is 0 Å². The third kappa shape index (κ3) is 4.69. The third-order valence-corrected chi connectivity index (χ3v) is 4.73. The number of halogens is 3. The Balaban J connectivity index is 0.00000150. The second-order valence-corrected chi connectivity index (χ2v) is 7.30. The molecular weight excluding hydrogens is 416 g/mol. The van der Waals surface area contributed by atoms with Gasteiger partial charge in [-0.2, -0.15) is 5.10 Å². The van der Waals surface area contributed by atoms with Crippen molar-refractivity contribution in [3.05, 3.63) is 53.1 Å². The average Bonchev–Trinajstić information content (AvgIpc) is 3.05. The molecule has 0 aliphatic carbocycles. The number of pyridine rings is 1. The Kier molecular flexibility index (Phi) is 7.57. The topological polar surface area (TPSA) is 71.8 Å². The third-order valence-electron chi connectivity index (χ3n) is 4.73. The Morgan fingerprint density at radius 2 is 2.10 bits per heavy atom. The molecule has 0 fully saturated rings. The highest BCUT2D eigenvalue weighted by Crippen LogP contribution is 2.25. The monoisotopic (exact) mass is 439 g/mol. The number of nitrogens with zero attached hydrogens (tertiary/aromatic N) is 3. The number of rotatable bonds is 4. The summed E-state index contributed by atoms with van der Waals surface area (Å²) in [6.45, 7) is 6.37. The first-order valence-electron chi connectivity index (χ1n) is 9.17. The molecular formula is C20H24Cl2FN5O. The van der Waals surface area contributed by atoms with Gasteiger partial charge in [-0.1, -0.05) is 19.9 Å².